The monoisotopic (exact) mass is 555 g/mol. The molecule has 218 valence electrons. The predicted octanol–water partition coefficient (Wildman–Crippen LogP) is 3.59. The fourth-order valence-electron chi connectivity index (χ4n) is 4.88. The molecule has 40 heavy (non-hydrogen) atoms. The molecule has 0 aromatic heterocycles. The SMILES string of the molecule is COc1cc2c(c(OC)c1OC)-c1ccc(N[C@@H](C)C(=O)NCCCOC(C)C)c(=O)cc1[C@H](NC(C)=O)CC2. The Kier molecular flexibility index (Phi) is 10.8. The molecule has 10 heteroatoms. The lowest BCUT2D eigenvalue weighted by atomic mass is 9.95. The highest BCUT2D eigenvalue weighted by molar-refractivity contribution is 5.85. The van der Waals surface area contributed by atoms with E-state index < -0.39 is 12.1 Å². The Hall–Kier alpha value is -3.79. The second kappa shape index (κ2) is 14.0. The van der Waals surface area contributed by atoms with Crippen molar-refractivity contribution in [3.8, 4) is 28.4 Å². The van der Waals surface area contributed by atoms with Gasteiger partial charge in [0.25, 0.3) is 0 Å². The number of hydrogen-bond donors (Lipinski definition) is 3. The average Bonchev–Trinajstić information content (AvgIpc) is 3.15. The second-order valence-electron chi connectivity index (χ2n) is 10.0. The van der Waals surface area contributed by atoms with Gasteiger partial charge in [-0.1, -0.05) is 6.07 Å². The minimum absolute atomic E-state index is 0.140. The van der Waals surface area contributed by atoms with Gasteiger partial charge in [0.05, 0.1) is 39.2 Å². The van der Waals surface area contributed by atoms with E-state index in [0.29, 0.717) is 55.2 Å². The van der Waals surface area contributed by atoms with Crippen molar-refractivity contribution in [1.29, 1.82) is 0 Å². The Balaban J connectivity index is 2.02. The summed E-state index contributed by atoms with van der Waals surface area (Å²) in [5.41, 5.74) is 3.03. The van der Waals surface area contributed by atoms with E-state index in [1.165, 1.54) is 20.1 Å². The highest BCUT2D eigenvalue weighted by atomic mass is 16.5. The molecule has 10 nitrogen and oxygen atoms in total. The van der Waals surface area contributed by atoms with Crippen molar-refractivity contribution in [3.63, 3.8) is 0 Å². The van der Waals surface area contributed by atoms with Crippen LogP contribution in [0.2, 0.25) is 0 Å². The molecular weight excluding hydrogens is 514 g/mol. The van der Waals surface area contributed by atoms with Crippen molar-refractivity contribution in [2.75, 3.05) is 39.8 Å². The van der Waals surface area contributed by atoms with Gasteiger partial charge in [0.15, 0.2) is 11.5 Å². The summed E-state index contributed by atoms with van der Waals surface area (Å²) in [6, 6.07) is 5.84. The number of carbonyl (C=O) groups is 2. The third kappa shape index (κ3) is 7.24. The fourth-order valence-corrected chi connectivity index (χ4v) is 4.88. The number of benzene rings is 1. The highest BCUT2D eigenvalue weighted by Crippen LogP contribution is 2.50. The summed E-state index contributed by atoms with van der Waals surface area (Å²) >= 11 is 0. The maximum absolute atomic E-state index is 13.4. The molecule has 3 N–H and O–H groups in total. The summed E-state index contributed by atoms with van der Waals surface area (Å²) in [7, 11) is 4.65. The van der Waals surface area contributed by atoms with Gasteiger partial charge in [0.1, 0.15) is 6.04 Å². The third-order valence-corrected chi connectivity index (χ3v) is 6.75. The number of methoxy groups -OCH3 is 3. The third-order valence-electron chi connectivity index (χ3n) is 6.75. The van der Waals surface area contributed by atoms with E-state index >= 15 is 0 Å². The molecular formula is C30H41N3O7. The quantitative estimate of drug-likeness (QED) is 0.340. The van der Waals surface area contributed by atoms with Gasteiger partial charge in [-0.05, 0) is 74.9 Å². The maximum atomic E-state index is 13.4. The van der Waals surface area contributed by atoms with Crippen molar-refractivity contribution in [2.45, 2.75) is 65.1 Å². The van der Waals surface area contributed by atoms with E-state index in [-0.39, 0.29) is 29.0 Å². The Labute approximate surface area is 235 Å². The minimum Gasteiger partial charge on any atom is -0.493 e. The number of ether oxygens (including phenoxy) is 4. The fraction of sp³-hybridized carbons (Fsp3) is 0.500. The molecule has 1 aliphatic carbocycles. The van der Waals surface area contributed by atoms with Crippen LogP contribution in [0.15, 0.2) is 29.1 Å². The lowest BCUT2D eigenvalue weighted by Crippen LogP contribution is -2.39. The number of aryl methyl sites for hydroxylation is 1. The Morgan fingerprint density at radius 3 is 2.38 bits per heavy atom. The standard InChI is InChI=1S/C30H41N3O7/c1-17(2)40-14-8-13-31-30(36)18(3)32-24-12-10-21-22(16-25(24)35)23(33-19(4)34)11-9-20-15-26(37-5)28(38-6)29(39-7)27(20)21/h10,12,15-18,23H,8-9,11,13-14H2,1-7H3,(H,31,36)(H,32,35)(H,33,34)/t18-,23+/m0/s1. The lowest BCUT2D eigenvalue weighted by molar-refractivity contribution is -0.121. The first-order chi connectivity index (χ1) is 19.1. The van der Waals surface area contributed by atoms with E-state index in [2.05, 4.69) is 16.0 Å². The zero-order valence-corrected chi connectivity index (χ0v) is 24.4. The molecule has 0 aliphatic heterocycles. The summed E-state index contributed by atoms with van der Waals surface area (Å²) in [5.74, 6) is 1.01. The van der Waals surface area contributed by atoms with Crippen LogP contribution >= 0.6 is 0 Å². The number of rotatable bonds is 12. The largest absolute Gasteiger partial charge is 0.493 e. The molecule has 0 bridgehead atoms. The van der Waals surface area contributed by atoms with Gasteiger partial charge < -0.3 is 34.9 Å². The van der Waals surface area contributed by atoms with Crippen molar-refractivity contribution >= 4 is 17.5 Å². The van der Waals surface area contributed by atoms with Crippen molar-refractivity contribution in [1.82, 2.24) is 10.6 Å². The van der Waals surface area contributed by atoms with Crippen LogP contribution in [0.4, 0.5) is 5.69 Å². The van der Waals surface area contributed by atoms with Crippen molar-refractivity contribution < 1.29 is 28.5 Å². The molecule has 0 heterocycles. The summed E-state index contributed by atoms with van der Waals surface area (Å²) < 4.78 is 22.5. The van der Waals surface area contributed by atoms with E-state index in [1.54, 1.807) is 27.2 Å². The molecule has 2 atom stereocenters. The van der Waals surface area contributed by atoms with Gasteiger partial charge in [0, 0.05) is 25.6 Å². The van der Waals surface area contributed by atoms with Crippen LogP contribution in [-0.4, -0.2) is 58.4 Å². The first-order valence-electron chi connectivity index (χ1n) is 13.5. The number of fused-ring (bicyclic) bond motifs is 3. The van der Waals surface area contributed by atoms with Crippen LogP contribution in [-0.2, 0) is 20.7 Å². The van der Waals surface area contributed by atoms with Gasteiger partial charge in [-0.2, -0.15) is 0 Å². The summed E-state index contributed by atoms with van der Waals surface area (Å²) in [6.45, 7) is 8.11. The van der Waals surface area contributed by atoms with E-state index in [4.69, 9.17) is 18.9 Å². The van der Waals surface area contributed by atoms with Gasteiger partial charge >= 0.3 is 0 Å². The summed E-state index contributed by atoms with van der Waals surface area (Å²) in [6.07, 6.45) is 2.00. The first-order valence-corrected chi connectivity index (χ1v) is 13.5. The topological polar surface area (TPSA) is 124 Å². The number of carbonyl (C=O) groups excluding carboxylic acids is 2. The summed E-state index contributed by atoms with van der Waals surface area (Å²) in [5, 5.41) is 8.92. The molecule has 0 radical (unpaired) electrons. The second-order valence-corrected chi connectivity index (χ2v) is 10.0. The van der Waals surface area contributed by atoms with E-state index in [9.17, 15) is 14.4 Å². The van der Waals surface area contributed by atoms with Gasteiger partial charge in [0.2, 0.25) is 23.0 Å². The average molecular weight is 556 g/mol. The lowest BCUT2D eigenvalue weighted by Gasteiger charge is -2.19. The smallest absolute Gasteiger partial charge is 0.242 e. The number of amides is 2. The molecule has 0 fully saturated rings. The van der Waals surface area contributed by atoms with Gasteiger partial charge in [-0.3, -0.25) is 14.4 Å². The van der Waals surface area contributed by atoms with Gasteiger partial charge in [-0.15, -0.1) is 0 Å². The van der Waals surface area contributed by atoms with Crippen LogP contribution in [0.25, 0.3) is 11.1 Å². The molecule has 1 aliphatic rings. The molecule has 2 aromatic carbocycles. The zero-order valence-electron chi connectivity index (χ0n) is 24.4. The molecule has 0 spiro atoms. The minimum atomic E-state index is -0.654. The first kappa shape index (κ1) is 30.7. The van der Waals surface area contributed by atoms with Crippen molar-refractivity contribution in [3.05, 3.63) is 45.6 Å². The van der Waals surface area contributed by atoms with Crippen LogP contribution in [0.1, 0.15) is 57.7 Å². The maximum Gasteiger partial charge on any atom is 0.242 e. The molecule has 0 unspecified atom stereocenters. The molecule has 2 aromatic rings. The van der Waals surface area contributed by atoms with Crippen LogP contribution in [0.3, 0.4) is 0 Å². The number of hydrogen-bond acceptors (Lipinski definition) is 8. The van der Waals surface area contributed by atoms with Crippen molar-refractivity contribution in [2.24, 2.45) is 0 Å². The van der Waals surface area contributed by atoms with E-state index in [1.807, 2.05) is 26.0 Å². The van der Waals surface area contributed by atoms with Gasteiger partial charge in [-0.25, -0.2) is 0 Å². The predicted molar refractivity (Wildman–Crippen MR) is 154 cm³/mol. The Morgan fingerprint density at radius 1 is 1.02 bits per heavy atom. The Bertz CT molecular complexity index is 1280. The molecule has 0 saturated heterocycles. The van der Waals surface area contributed by atoms with Crippen LogP contribution in [0.5, 0.6) is 17.2 Å². The van der Waals surface area contributed by atoms with Crippen LogP contribution < -0.4 is 35.6 Å². The number of anilines is 1. The van der Waals surface area contributed by atoms with E-state index in [0.717, 1.165) is 16.7 Å². The number of nitrogens with one attached hydrogen (secondary N) is 3. The summed E-state index contributed by atoms with van der Waals surface area (Å²) in [4.78, 5) is 38.3. The zero-order chi connectivity index (χ0) is 29.4. The molecule has 2 amide bonds. The normalized spacial score (nSPS) is 14.8. The molecule has 3 rings (SSSR count). The van der Waals surface area contributed by atoms with Crippen LogP contribution in [0, 0.1) is 0 Å². The Morgan fingerprint density at radius 2 is 1.75 bits per heavy atom. The molecule has 0 saturated carbocycles. The highest BCUT2D eigenvalue weighted by Gasteiger charge is 2.29.